The first-order valence-electron chi connectivity index (χ1n) is 10.2. The van der Waals surface area contributed by atoms with E-state index in [1.165, 1.54) is 73.6 Å². The van der Waals surface area contributed by atoms with Crippen molar-refractivity contribution in [2.45, 2.75) is 71.8 Å². The summed E-state index contributed by atoms with van der Waals surface area (Å²) in [6, 6.07) is 18.1. The van der Waals surface area contributed by atoms with Crippen LogP contribution in [0.3, 0.4) is 0 Å². The Hall–Kier alpha value is -1.60. The molecule has 1 heteroatoms. The lowest BCUT2D eigenvalue weighted by Gasteiger charge is -2.07. The van der Waals surface area contributed by atoms with Gasteiger partial charge in [-0.05, 0) is 48.1 Å². The van der Waals surface area contributed by atoms with Crippen molar-refractivity contribution in [3.8, 4) is 11.1 Å². The molecule has 1 N–H and O–H groups in total. The highest BCUT2D eigenvalue weighted by molar-refractivity contribution is 5.63. The predicted octanol–water partition coefficient (Wildman–Crippen LogP) is 6.76. The van der Waals surface area contributed by atoms with Gasteiger partial charge in [0.15, 0.2) is 0 Å². The quantitative estimate of drug-likeness (QED) is 0.422. The van der Waals surface area contributed by atoms with Crippen molar-refractivity contribution in [3.05, 3.63) is 59.7 Å². The molecule has 0 radical (unpaired) electrons. The molecule has 1 nitrogen and oxygen atoms in total. The Kier molecular flexibility index (Phi) is 9.36. The fourth-order valence-corrected chi connectivity index (χ4v) is 3.17. The van der Waals surface area contributed by atoms with Crippen LogP contribution in [0.4, 0.5) is 0 Å². The maximum absolute atomic E-state index is 3.53. The van der Waals surface area contributed by atoms with E-state index in [0.29, 0.717) is 0 Å². The van der Waals surface area contributed by atoms with Crippen molar-refractivity contribution < 1.29 is 0 Å². The molecule has 0 bridgehead atoms. The van der Waals surface area contributed by atoms with Crippen molar-refractivity contribution in [1.29, 1.82) is 0 Å². The van der Waals surface area contributed by atoms with Crippen LogP contribution in [0.15, 0.2) is 48.5 Å². The van der Waals surface area contributed by atoms with E-state index in [9.17, 15) is 0 Å². The third-order valence-electron chi connectivity index (χ3n) is 4.85. The summed E-state index contributed by atoms with van der Waals surface area (Å²) in [5.41, 5.74) is 5.47. The first-order chi connectivity index (χ1) is 12.3. The second-order valence-electron chi connectivity index (χ2n) is 7.09. The SMILES string of the molecule is CCCCCCc1ccc(-c2ccc(CNCCCCC)cc2)cc1. The smallest absolute Gasteiger partial charge is 0.0205 e. The summed E-state index contributed by atoms with van der Waals surface area (Å²) in [7, 11) is 0. The zero-order chi connectivity index (χ0) is 17.7. The summed E-state index contributed by atoms with van der Waals surface area (Å²) in [5.74, 6) is 0. The van der Waals surface area contributed by atoms with Gasteiger partial charge in [-0.1, -0.05) is 94.5 Å². The monoisotopic (exact) mass is 337 g/mol. The Morgan fingerprint density at radius 2 is 1.16 bits per heavy atom. The van der Waals surface area contributed by atoms with Gasteiger partial charge >= 0.3 is 0 Å². The fraction of sp³-hybridized carbons (Fsp3) is 0.500. The molecule has 0 saturated carbocycles. The van der Waals surface area contributed by atoms with E-state index < -0.39 is 0 Å². The van der Waals surface area contributed by atoms with Gasteiger partial charge in [-0.2, -0.15) is 0 Å². The number of aryl methyl sites for hydroxylation is 1. The molecular formula is C24H35N. The van der Waals surface area contributed by atoms with Crippen LogP contribution in [-0.2, 0) is 13.0 Å². The lowest BCUT2D eigenvalue weighted by Crippen LogP contribution is -2.14. The lowest BCUT2D eigenvalue weighted by molar-refractivity contribution is 0.617. The minimum Gasteiger partial charge on any atom is -0.313 e. The van der Waals surface area contributed by atoms with E-state index in [1.54, 1.807) is 0 Å². The number of nitrogens with one attached hydrogen (secondary N) is 1. The molecule has 0 heterocycles. The molecule has 0 aliphatic heterocycles. The van der Waals surface area contributed by atoms with E-state index in [-0.39, 0.29) is 0 Å². The molecule has 0 amide bonds. The second-order valence-corrected chi connectivity index (χ2v) is 7.09. The standard InChI is InChI=1S/C24H35N/c1-3-5-7-8-10-21-11-15-23(16-12-21)24-17-13-22(14-18-24)20-25-19-9-6-4-2/h11-18,25H,3-10,19-20H2,1-2H3. The van der Waals surface area contributed by atoms with Crippen molar-refractivity contribution in [1.82, 2.24) is 5.32 Å². The van der Waals surface area contributed by atoms with E-state index in [0.717, 1.165) is 13.1 Å². The molecule has 136 valence electrons. The Bertz CT molecular complexity index is 568. The van der Waals surface area contributed by atoms with Gasteiger partial charge in [0.25, 0.3) is 0 Å². The fourth-order valence-electron chi connectivity index (χ4n) is 3.17. The molecule has 2 aromatic rings. The molecule has 0 aliphatic carbocycles. The van der Waals surface area contributed by atoms with Gasteiger partial charge in [0, 0.05) is 6.54 Å². The number of unbranched alkanes of at least 4 members (excludes halogenated alkanes) is 5. The molecule has 0 atom stereocenters. The van der Waals surface area contributed by atoms with Crippen LogP contribution in [0, 0.1) is 0 Å². The van der Waals surface area contributed by atoms with Crippen molar-refractivity contribution in [2.75, 3.05) is 6.54 Å². The van der Waals surface area contributed by atoms with Crippen LogP contribution < -0.4 is 5.32 Å². The topological polar surface area (TPSA) is 12.0 Å². The molecule has 2 rings (SSSR count). The average Bonchev–Trinajstić information content (AvgIpc) is 2.66. The summed E-state index contributed by atoms with van der Waals surface area (Å²) in [6.45, 7) is 6.61. The Labute approximate surface area is 154 Å². The number of rotatable bonds is 12. The van der Waals surface area contributed by atoms with Gasteiger partial charge in [-0.15, -0.1) is 0 Å². The summed E-state index contributed by atoms with van der Waals surface area (Å²) in [5, 5.41) is 3.53. The van der Waals surface area contributed by atoms with Gasteiger partial charge in [0.2, 0.25) is 0 Å². The molecule has 0 unspecified atom stereocenters. The van der Waals surface area contributed by atoms with E-state index >= 15 is 0 Å². The highest BCUT2D eigenvalue weighted by atomic mass is 14.8. The zero-order valence-electron chi connectivity index (χ0n) is 16.2. The summed E-state index contributed by atoms with van der Waals surface area (Å²) in [4.78, 5) is 0. The Morgan fingerprint density at radius 1 is 0.600 bits per heavy atom. The van der Waals surface area contributed by atoms with Crippen LogP contribution in [-0.4, -0.2) is 6.54 Å². The second kappa shape index (κ2) is 11.9. The van der Waals surface area contributed by atoms with Gasteiger partial charge < -0.3 is 5.32 Å². The van der Waals surface area contributed by atoms with Crippen LogP contribution >= 0.6 is 0 Å². The van der Waals surface area contributed by atoms with Gasteiger partial charge in [-0.3, -0.25) is 0 Å². The molecule has 0 aliphatic rings. The summed E-state index contributed by atoms with van der Waals surface area (Å²) < 4.78 is 0. The Balaban J connectivity index is 1.80. The normalized spacial score (nSPS) is 11.0. The van der Waals surface area contributed by atoms with Crippen molar-refractivity contribution in [2.24, 2.45) is 0 Å². The van der Waals surface area contributed by atoms with Crippen LogP contribution in [0.25, 0.3) is 11.1 Å². The number of benzene rings is 2. The van der Waals surface area contributed by atoms with Crippen LogP contribution in [0.5, 0.6) is 0 Å². The van der Waals surface area contributed by atoms with Crippen LogP contribution in [0.2, 0.25) is 0 Å². The van der Waals surface area contributed by atoms with E-state index in [2.05, 4.69) is 67.7 Å². The Morgan fingerprint density at radius 3 is 1.76 bits per heavy atom. The molecule has 0 fully saturated rings. The number of hydrogen-bond donors (Lipinski definition) is 1. The third-order valence-corrected chi connectivity index (χ3v) is 4.85. The first-order valence-corrected chi connectivity index (χ1v) is 10.2. The summed E-state index contributed by atoms with van der Waals surface area (Å²) in [6.07, 6.45) is 10.4. The lowest BCUT2D eigenvalue weighted by atomic mass is 10.0. The molecule has 2 aromatic carbocycles. The van der Waals surface area contributed by atoms with Gasteiger partial charge in [0.05, 0.1) is 0 Å². The van der Waals surface area contributed by atoms with Crippen molar-refractivity contribution in [3.63, 3.8) is 0 Å². The molecular weight excluding hydrogens is 302 g/mol. The first kappa shape index (κ1) is 19.7. The van der Waals surface area contributed by atoms with E-state index in [1.807, 2.05) is 0 Å². The third kappa shape index (κ3) is 7.44. The molecule has 25 heavy (non-hydrogen) atoms. The average molecular weight is 338 g/mol. The molecule has 0 spiro atoms. The number of hydrogen-bond acceptors (Lipinski definition) is 1. The van der Waals surface area contributed by atoms with E-state index in [4.69, 9.17) is 0 Å². The van der Waals surface area contributed by atoms with Crippen LogP contribution in [0.1, 0.15) is 69.9 Å². The largest absolute Gasteiger partial charge is 0.313 e. The maximum Gasteiger partial charge on any atom is 0.0205 e. The predicted molar refractivity (Wildman–Crippen MR) is 111 cm³/mol. The zero-order valence-corrected chi connectivity index (χ0v) is 16.2. The summed E-state index contributed by atoms with van der Waals surface area (Å²) >= 11 is 0. The van der Waals surface area contributed by atoms with Gasteiger partial charge in [-0.25, -0.2) is 0 Å². The minimum atomic E-state index is 0.973. The maximum atomic E-state index is 3.53. The van der Waals surface area contributed by atoms with Gasteiger partial charge in [0.1, 0.15) is 0 Å². The molecule has 0 saturated heterocycles. The minimum absolute atomic E-state index is 0.973. The van der Waals surface area contributed by atoms with Crippen molar-refractivity contribution >= 4 is 0 Å². The highest BCUT2D eigenvalue weighted by Gasteiger charge is 2.00. The highest BCUT2D eigenvalue weighted by Crippen LogP contribution is 2.21. The molecule has 0 aromatic heterocycles.